The third-order valence-corrected chi connectivity index (χ3v) is 12.4. The lowest BCUT2D eigenvalue weighted by molar-refractivity contribution is 0.768. The molecule has 1 aliphatic rings. The van der Waals surface area contributed by atoms with Crippen molar-refractivity contribution in [3.8, 4) is 44.5 Å². The van der Waals surface area contributed by atoms with Crippen LogP contribution in [0.1, 0.15) is 22.3 Å². The molecular formula is C59H41N. The van der Waals surface area contributed by atoms with Gasteiger partial charge in [-0.1, -0.05) is 212 Å². The minimum absolute atomic E-state index is 0.501. The van der Waals surface area contributed by atoms with Crippen LogP contribution in [-0.4, -0.2) is 0 Å². The van der Waals surface area contributed by atoms with Crippen molar-refractivity contribution in [2.75, 3.05) is 4.90 Å². The van der Waals surface area contributed by atoms with E-state index in [9.17, 15) is 0 Å². The summed E-state index contributed by atoms with van der Waals surface area (Å²) in [7, 11) is 0. The molecule has 0 N–H and O–H groups in total. The average Bonchev–Trinajstić information content (AvgIpc) is 3.64. The van der Waals surface area contributed by atoms with Crippen molar-refractivity contribution in [2.45, 2.75) is 5.41 Å². The minimum Gasteiger partial charge on any atom is -0.310 e. The zero-order valence-electron chi connectivity index (χ0n) is 33.1. The van der Waals surface area contributed by atoms with Crippen LogP contribution in [0.4, 0.5) is 17.1 Å². The van der Waals surface area contributed by atoms with Gasteiger partial charge >= 0.3 is 0 Å². The molecule has 0 saturated heterocycles. The van der Waals surface area contributed by atoms with Crippen molar-refractivity contribution < 1.29 is 0 Å². The predicted molar refractivity (Wildman–Crippen MR) is 252 cm³/mol. The average molecular weight is 764 g/mol. The van der Waals surface area contributed by atoms with Crippen molar-refractivity contribution in [3.05, 3.63) is 271 Å². The minimum atomic E-state index is -0.501. The van der Waals surface area contributed by atoms with E-state index < -0.39 is 5.41 Å². The van der Waals surface area contributed by atoms with Crippen molar-refractivity contribution in [3.63, 3.8) is 0 Å². The maximum atomic E-state index is 2.42. The molecule has 60 heavy (non-hydrogen) atoms. The molecule has 0 radical (unpaired) electrons. The Hall–Kier alpha value is -7.74. The molecule has 0 fully saturated rings. The van der Waals surface area contributed by atoms with E-state index in [1.807, 2.05) is 0 Å². The smallest absolute Gasteiger partial charge is 0.0714 e. The van der Waals surface area contributed by atoms with Gasteiger partial charge in [0.1, 0.15) is 0 Å². The molecule has 11 rings (SSSR count). The topological polar surface area (TPSA) is 3.24 Å². The molecule has 0 atom stereocenters. The lowest BCUT2D eigenvalue weighted by Crippen LogP contribution is -2.28. The Bertz CT molecular complexity index is 3080. The lowest BCUT2D eigenvalue weighted by Gasteiger charge is -2.35. The lowest BCUT2D eigenvalue weighted by atomic mass is 9.67. The van der Waals surface area contributed by atoms with Gasteiger partial charge in [0.05, 0.1) is 5.41 Å². The Kier molecular flexibility index (Phi) is 8.79. The normalized spacial score (nSPS) is 12.5. The van der Waals surface area contributed by atoms with Crippen LogP contribution < -0.4 is 4.90 Å². The number of hydrogen-bond donors (Lipinski definition) is 0. The molecule has 0 saturated carbocycles. The van der Waals surface area contributed by atoms with E-state index in [4.69, 9.17) is 0 Å². The summed E-state index contributed by atoms with van der Waals surface area (Å²) < 4.78 is 0. The van der Waals surface area contributed by atoms with E-state index >= 15 is 0 Å². The highest BCUT2D eigenvalue weighted by Gasteiger charge is 2.46. The molecule has 1 nitrogen and oxygen atoms in total. The largest absolute Gasteiger partial charge is 0.310 e. The predicted octanol–water partition coefficient (Wildman–Crippen LogP) is 15.7. The zero-order valence-corrected chi connectivity index (χ0v) is 33.1. The summed E-state index contributed by atoms with van der Waals surface area (Å²) >= 11 is 0. The van der Waals surface area contributed by atoms with Crippen LogP contribution in [0.5, 0.6) is 0 Å². The SMILES string of the molecule is c1ccc(-c2ccccc2-c2ccc(N(c3ccc(-c4cccc5ccccc45)cc3)c3cccc(C4(c5ccccc5)c5ccccc5-c5ccccc54)c3)cc2)cc1. The number of benzene rings is 10. The quantitative estimate of drug-likeness (QED) is 0.149. The third-order valence-electron chi connectivity index (χ3n) is 12.4. The molecule has 0 bridgehead atoms. The first-order valence-electron chi connectivity index (χ1n) is 20.8. The summed E-state index contributed by atoms with van der Waals surface area (Å²) in [5.41, 5.74) is 17.7. The van der Waals surface area contributed by atoms with Gasteiger partial charge in [-0.25, -0.2) is 0 Å². The number of anilines is 3. The summed E-state index contributed by atoms with van der Waals surface area (Å²) in [5.74, 6) is 0. The van der Waals surface area contributed by atoms with Crippen LogP contribution in [0.25, 0.3) is 55.3 Å². The number of rotatable bonds is 8. The van der Waals surface area contributed by atoms with Crippen molar-refractivity contribution >= 4 is 27.8 Å². The number of nitrogens with zero attached hydrogens (tertiary/aromatic N) is 1. The van der Waals surface area contributed by atoms with E-state index in [-0.39, 0.29) is 0 Å². The highest BCUT2D eigenvalue weighted by atomic mass is 15.1. The fourth-order valence-electron chi connectivity index (χ4n) is 9.70. The van der Waals surface area contributed by atoms with Crippen LogP contribution >= 0.6 is 0 Å². The Labute approximate surface area is 352 Å². The molecule has 0 unspecified atom stereocenters. The van der Waals surface area contributed by atoms with Crippen LogP contribution in [0.3, 0.4) is 0 Å². The van der Waals surface area contributed by atoms with Crippen LogP contribution in [0, 0.1) is 0 Å². The Balaban J connectivity index is 1.08. The molecule has 282 valence electrons. The molecule has 0 heterocycles. The molecule has 1 aliphatic carbocycles. The second-order valence-electron chi connectivity index (χ2n) is 15.6. The molecule has 0 amide bonds. The summed E-state index contributed by atoms with van der Waals surface area (Å²) in [6.07, 6.45) is 0. The highest BCUT2D eigenvalue weighted by molar-refractivity contribution is 5.97. The van der Waals surface area contributed by atoms with Gasteiger partial charge in [0, 0.05) is 17.1 Å². The third kappa shape index (κ3) is 5.86. The van der Waals surface area contributed by atoms with Gasteiger partial charge < -0.3 is 4.90 Å². The van der Waals surface area contributed by atoms with Gasteiger partial charge in [0.25, 0.3) is 0 Å². The van der Waals surface area contributed by atoms with E-state index in [1.54, 1.807) is 0 Å². The van der Waals surface area contributed by atoms with E-state index in [2.05, 4.69) is 254 Å². The first kappa shape index (κ1) is 35.4. The van der Waals surface area contributed by atoms with Crippen LogP contribution in [0.15, 0.2) is 249 Å². The second kappa shape index (κ2) is 14.9. The first-order chi connectivity index (χ1) is 29.8. The van der Waals surface area contributed by atoms with Crippen LogP contribution in [-0.2, 0) is 5.41 Å². The summed E-state index contributed by atoms with van der Waals surface area (Å²) in [6, 6.07) is 91.0. The number of hydrogen-bond acceptors (Lipinski definition) is 1. The van der Waals surface area contributed by atoms with E-state index in [0.717, 1.165) is 17.1 Å². The Morgan fingerprint density at radius 1 is 0.267 bits per heavy atom. The molecule has 0 spiro atoms. The van der Waals surface area contributed by atoms with Crippen molar-refractivity contribution in [1.29, 1.82) is 0 Å². The number of fused-ring (bicyclic) bond motifs is 4. The summed E-state index contributed by atoms with van der Waals surface area (Å²) in [5, 5.41) is 2.50. The van der Waals surface area contributed by atoms with Crippen molar-refractivity contribution in [1.82, 2.24) is 0 Å². The standard InChI is InChI=1S/C59H41N/c1-3-17-42(18-4-1)51-26-9-10-27-53(51)44-33-37-48(38-34-44)60(49-39-35-45(36-40-49)54-30-15-20-43-19-7-8-25-52(43)54)50-24-16-23-47(41-50)59(46-21-5-2-6-22-46)57-31-13-11-28-55(57)56-29-12-14-32-58(56)59/h1-41H. The molecule has 0 aromatic heterocycles. The molecule has 10 aromatic carbocycles. The Morgan fingerprint density at radius 3 is 1.33 bits per heavy atom. The zero-order chi connectivity index (χ0) is 39.9. The highest BCUT2D eigenvalue weighted by Crippen LogP contribution is 2.56. The van der Waals surface area contributed by atoms with Crippen LogP contribution in [0.2, 0.25) is 0 Å². The van der Waals surface area contributed by atoms with Gasteiger partial charge in [-0.2, -0.15) is 0 Å². The van der Waals surface area contributed by atoms with Gasteiger partial charge in [0.2, 0.25) is 0 Å². The Morgan fingerprint density at radius 2 is 0.700 bits per heavy atom. The van der Waals surface area contributed by atoms with Crippen molar-refractivity contribution in [2.24, 2.45) is 0 Å². The first-order valence-corrected chi connectivity index (χ1v) is 20.8. The van der Waals surface area contributed by atoms with Gasteiger partial charge in [-0.3, -0.25) is 0 Å². The summed E-state index contributed by atoms with van der Waals surface area (Å²) in [6.45, 7) is 0. The van der Waals surface area contributed by atoms with Gasteiger partial charge in [0.15, 0.2) is 0 Å². The molecule has 0 aliphatic heterocycles. The van der Waals surface area contributed by atoms with E-state index in [0.29, 0.717) is 0 Å². The second-order valence-corrected chi connectivity index (χ2v) is 15.6. The molecular weight excluding hydrogens is 723 g/mol. The van der Waals surface area contributed by atoms with Gasteiger partial charge in [-0.05, 0) is 114 Å². The molecule has 10 aromatic rings. The monoisotopic (exact) mass is 763 g/mol. The maximum Gasteiger partial charge on any atom is 0.0714 e. The fraction of sp³-hybridized carbons (Fsp3) is 0.0169. The van der Waals surface area contributed by atoms with E-state index in [1.165, 1.54) is 77.5 Å². The van der Waals surface area contributed by atoms with Gasteiger partial charge in [-0.15, -0.1) is 0 Å². The maximum absolute atomic E-state index is 2.42. The molecule has 1 heteroatoms. The summed E-state index contributed by atoms with van der Waals surface area (Å²) in [4.78, 5) is 2.41. The fourth-order valence-corrected chi connectivity index (χ4v) is 9.70.